The molecule has 1 saturated heterocycles. The van der Waals surface area contributed by atoms with Crippen LogP contribution in [0.4, 0.5) is 0 Å². The fourth-order valence-electron chi connectivity index (χ4n) is 4.61. The maximum Gasteiger partial charge on any atom is 0.292 e. The zero-order valence-corrected chi connectivity index (χ0v) is 20.9. The van der Waals surface area contributed by atoms with Crippen LogP contribution in [0, 0.1) is 0 Å². The van der Waals surface area contributed by atoms with E-state index in [1.54, 1.807) is 36.1 Å². The Hall–Kier alpha value is -3.81. The summed E-state index contributed by atoms with van der Waals surface area (Å²) in [6.07, 6.45) is 5.95. The van der Waals surface area contributed by atoms with Gasteiger partial charge in [0.15, 0.2) is 11.5 Å². The lowest BCUT2D eigenvalue weighted by atomic mass is 10.1. The Bertz CT molecular complexity index is 1240. The van der Waals surface area contributed by atoms with Crippen LogP contribution in [0.25, 0.3) is 10.9 Å². The summed E-state index contributed by atoms with van der Waals surface area (Å²) >= 11 is 0. The van der Waals surface area contributed by atoms with Crippen LogP contribution in [-0.4, -0.2) is 53.9 Å². The number of aromatic nitrogens is 1. The van der Waals surface area contributed by atoms with Crippen molar-refractivity contribution in [2.75, 3.05) is 26.8 Å². The number of likely N-dealkylation sites (tertiary alicyclic amines) is 1. The van der Waals surface area contributed by atoms with Gasteiger partial charge in [0.1, 0.15) is 6.54 Å². The number of fused-ring (bicyclic) bond motifs is 1. The molecule has 1 fully saturated rings. The number of ketones is 1. The van der Waals surface area contributed by atoms with Crippen LogP contribution in [0.15, 0.2) is 48.7 Å². The number of nitrogens with one attached hydrogen (secondary N) is 1. The van der Waals surface area contributed by atoms with Gasteiger partial charge in [-0.1, -0.05) is 37.1 Å². The molecular weight excluding hydrogens is 458 g/mol. The summed E-state index contributed by atoms with van der Waals surface area (Å²) in [5.41, 5.74) is 1.83. The quantitative estimate of drug-likeness (QED) is 0.362. The Morgan fingerprint density at radius 1 is 0.972 bits per heavy atom. The molecule has 0 spiro atoms. The highest BCUT2D eigenvalue weighted by Gasteiger charge is 2.23. The SMILES string of the molecule is CCOc1ccc(CNC(=O)C(=O)c2cn(CC(=O)N3CCCCCC3)c3ccccc23)cc1OC. The first-order chi connectivity index (χ1) is 17.5. The number of ether oxygens (including phenoxy) is 2. The molecule has 1 aromatic heterocycles. The highest BCUT2D eigenvalue weighted by molar-refractivity contribution is 6.45. The Morgan fingerprint density at radius 2 is 1.72 bits per heavy atom. The molecule has 0 aliphatic carbocycles. The minimum absolute atomic E-state index is 0.0329. The molecule has 36 heavy (non-hydrogen) atoms. The summed E-state index contributed by atoms with van der Waals surface area (Å²) in [6.45, 7) is 4.24. The molecule has 1 N–H and O–H groups in total. The Kier molecular flexibility index (Phi) is 8.25. The van der Waals surface area contributed by atoms with Crippen LogP contribution >= 0.6 is 0 Å². The summed E-state index contributed by atoms with van der Waals surface area (Å²) < 4.78 is 12.7. The lowest BCUT2D eigenvalue weighted by Crippen LogP contribution is -2.34. The topological polar surface area (TPSA) is 89.9 Å². The first-order valence-electron chi connectivity index (χ1n) is 12.5. The Labute approximate surface area is 211 Å². The third-order valence-corrected chi connectivity index (χ3v) is 6.48. The fourth-order valence-corrected chi connectivity index (χ4v) is 4.61. The molecule has 4 rings (SSSR count). The van der Waals surface area contributed by atoms with Gasteiger partial charge in [-0.05, 0) is 43.5 Å². The largest absolute Gasteiger partial charge is 0.493 e. The van der Waals surface area contributed by atoms with Gasteiger partial charge < -0.3 is 24.3 Å². The van der Waals surface area contributed by atoms with Crippen molar-refractivity contribution in [3.63, 3.8) is 0 Å². The van der Waals surface area contributed by atoms with Crippen molar-refractivity contribution in [2.45, 2.75) is 45.7 Å². The number of benzene rings is 2. The molecule has 0 radical (unpaired) electrons. The van der Waals surface area contributed by atoms with E-state index in [0.717, 1.165) is 49.9 Å². The van der Waals surface area contributed by atoms with Crippen LogP contribution in [0.2, 0.25) is 0 Å². The number of carbonyl (C=O) groups is 3. The standard InChI is InChI=1S/C28H33N3O5/c1-3-36-24-13-12-20(16-25(24)35-2)17-29-28(34)27(33)22-18-31(23-11-7-6-10-21(22)23)19-26(32)30-14-8-4-5-9-15-30/h6-7,10-13,16,18H,3-5,8-9,14-15,17,19H2,1-2H3,(H,29,34). The molecule has 0 unspecified atom stereocenters. The molecule has 0 bridgehead atoms. The second-order valence-corrected chi connectivity index (χ2v) is 8.91. The molecule has 190 valence electrons. The number of Topliss-reactive ketones (excluding diaryl/α,β-unsaturated/α-hetero) is 1. The molecule has 8 nitrogen and oxygen atoms in total. The maximum absolute atomic E-state index is 13.1. The summed E-state index contributed by atoms with van der Waals surface area (Å²) in [5, 5.41) is 3.36. The zero-order chi connectivity index (χ0) is 25.5. The van der Waals surface area contributed by atoms with Gasteiger partial charge in [0.25, 0.3) is 11.7 Å². The van der Waals surface area contributed by atoms with Crippen LogP contribution in [-0.2, 0) is 22.7 Å². The van der Waals surface area contributed by atoms with Crippen LogP contribution in [0.3, 0.4) is 0 Å². The van der Waals surface area contributed by atoms with Gasteiger partial charge in [0.2, 0.25) is 5.91 Å². The lowest BCUT2D eigenvalue weighted by molar-refractivity contribution is -0.131. The Balaban J connectivity index is 1.48. The Morgan fingerprint density at radius 3 is 2.44 bits per heavy atom. The maximum atomic E-state index is 13.1. The first kappa shape index (κ1) is 25.3. The van der Waals surface area contributed by atoms with E-state index < -0.39 is 11.7 Å². The van der Waals surface area contributed by atoms with Crippen molar-refractivity contribution in [1.82, 2.24) is 14.8 Å². The number of rotatable bonds is 9. The molecule has 0 atom stereocenters. The van der Waals surface area contributed by atoms with Crippen molar-refractivity contribution in [3.8, 4) is 11.5 Å². The number of para-hydroxylation sites is 1. The number of amides is 2. The highest BCUT2D eigenvalue weighted by Crippen LogP contribution is 2.28. The second kappa shape index (κ2) is 11.7. The third kappa shape index (κ3) is 5.70. The summed E-state index contributed by atoms with van der Waals surface area (Å²) in [4.78, 5) is 40.8. The van der Waals surface area contributed by atoms with Gasteiger partial charge in [0.05, 0.1) is 19.3 Å². The zero-order valence-electron chi connectivity index (χ0n) is 20.9. The highest BCUT2D eigenvalue weighted by atomic mass is 16.5. The smallest absolute Gasteiger partial charge is 0.292 e. The van der Waals surface area contributed by atoms with Gasteiger partial charge in [-0.3, -0.25) is 14.4 Å². The first-order valence-corrected chi connectivity index (χ1v) is 12.5. The summed E-state index contributed by atoms with van der Waals surface area (Å²) in [7, 11) is 1.55. The van der Waals surface area contributed by atoms with E-state index in [4.69, 9.17) is 9.47 Å². The van der Waals surface area contributed by atoms with E-state index in [9.17, 15) is 14.4 Å². The number of hydrogen-bond donors (Lipinski definition) is 1. The van der Waals surface area contributed by atoms with Crippen LogP contribution in [0.1, 0.15) is 48.5 Å². The van der Waals surface area contributed by atoms with Crippen molar-refractivity contribution in [1.29, 1.82) is 0 Å². The fraction of sp³-hybridized carbons (Fsp3) is 0.393. The molecule has 2 amide bonds. The molecule has 2 heterocycles. The van der Waals surface area contributed by atoms with Gasteiger partial charge in [-0.15, -0.1) is 0 Å². The molecule has 0 saturated carbocycles. The minimum atomic E-state index is -0.704. The van der Waals surface area contributed by atoms with Crippen LogP contribution < -0.4 is 14.8 Å². The van der Waals surface area contributed by atoms with Gasteiger partial charge >= 0.3 is 0 Å². The molecule has 8 heteroatoms. The molecule has 1 aliphatic rings. The van der Waals surface area contributed by atoms with E-state index in [1.807, 2.05) is 36.1 Å². The minimum Gasteiger partial charge on any atom is -0.493 e. The van der Waals surface area contributed by atoms with E-state index >= 15 is 0 Å². The van der Waals surface area contributed by atoms with Gasteiger partial charge in [-0.25, -0.2) is 0 Å². The monoisotopic (exact) mass is 491 g/mol. The predicted octanol–water partition coefficient (Wildman–Crippen LogP) is 3.95. The predicted molar refractivity (Wildman–Crippen MR) is 137 cm³/mol. The van der Waals surface area contributed by atoms with Crippen molar-refractivity contribution in [3.05, 3.63) is 59.8 Å². The van der Waals surface area contributed by atoms with Crippen molar-refractivity contribution in [2.24, 2.45) is 0 Å². The van der Waals surface area contributed by atoms with Gasteiger partial charge in [-0.2, -0.15) is 0 Å². The second-order valence-electron chi connectivity index (χ2n) is 8.91. The summed E-state index contributed by atoms with van der Waals surface area (Å²) in [5.74, 6) is -0.124. The van der Waals surface area contributed by atoms with Gasteiger partial charge in [0, 0.05) is 36.7 Å². The number of carbonyl (C=O) groups excluding carboxylic acids is 3. The molecule has 1 aliphatic heterocycles. The summed E-state index contributed by atoms with van der Waals surface area (Å²) in [6, 6.07) is 12.7. The normalized spacial score (nSPS) is 13.8. The van der Waals surface area contributed by atoms with E-state index in [0.29, 0.717) is 23.5 Å². The number of hydrogen-bond acceptors (Lipinski definition) is 5. The lowest BCUT2D eigenvalue weighted by Gasteiger charge is -2.20. The van der Waals surface area contributed by atoms with Crippen molar-refractivity contribution >= 4 is 28.5 Å². The van der Waals surface area contributed by atoms with E-state index in [1.165, 1.54) is 0 Å². The molecular formula is C28H33N3O5. The van der Waals surface area contributed by atoms with Crippen molar-refractivity contribution < 1.29 is 23.9 Å². The number of methoxy groups -OCH3 is 1. The van der Waals surface area contributed by atoms with E-state index in [2.05, 4.69) is 5.32 Å². The van der Waals surface area contributed by atoms with E-state index in [-0.39, 0.29) is 24.6 Å². The number of nitrogens with zero attached hydrogens (tertiary/aromatic N) is 2. The average molecular weight is 492 g/mol. The van der Waals surface area contributed by atoms with Crippen LogP contribution in [0.5, 0.6) is 11.5 Å². The third-order valence-electron chi connectivity index (χ3n) is 6.48. The average Bonchev–Trinajstić information content (AvgIpc) is 3.06. The molecule has 2 aromatic carbocycles. The molecule has 3 aromatic rings.